The molecule has 0 radical (unpaired) electrons. The van der Waals surface area contributed by atoms with Crippen LogP contribution in [0.5, 0.6) is 0 Å². The van der Waals surface area contributed by atoms with Crippen LogP contribution in [-0.2, 0) is 9.53 Å². The van der Waals surface area contributed by atoms with E-state index in [1.165, 1.54) is 0 Å². The number of amides is 1. The number of ether oxygens (including phenoxy) is 1. The molecular weight excluding hydrogens is 208 g/mol. The zero-order valence-electron chi connectivity index (χ0n) is 10.1. The standard InChI is InChI=1S/C11H22N2O3/c1-3-9(2)13-10(14)6-12-7-11(15)4-5-16-8-11/h9,12,15H,3-8H2,1-2H3,(H,13,14). The molecule has 1 amide bonds. The van der Waals surface area contributed by atoms with Crippen LogP contribution in [0, 0.1) is 0 Å². The van der Waals surface area contributed by atoms with E-state index in [-0.39, 0.29) is 18.5 Å². The Morgan fingerprint density at radius 2 is 2.38 bits per heavy atom. The van der Waals surface area contributed by atoms with Crippen LogP contribution in [0.25, 0.3) is 0 Å². The highest BCUT2D eigenvalue weighted by Gasteiger charge is 2.31. The maximum Gasteiger partial charge on any atom is 0.234 e. The van der Waals surface area contributed by atoms with Crippen molar-refractivity contribution in [1.29, 1.82) is 0 Å². The number of nitrogens with one attached hydrogen (secondary N) is 2. The topological polar surface area (TPSA) is 70.6 Å². The summed E-state index contributed by atoms with van der Waals surface area (Å²) < 4.78 is 5.11. The predicted octanol–water partition coefficient (Wildman–Crippen LogP) is -0.358. The Morgan fingerprint density at radius 3 is 2.94 bits per heavy atom. The van der Waals surface area contributed by atoms with Crippen molar-refractivity contribution >= 4 is 5.91 Å². The lowest BCUT2D eigenvalue weighted by molar-refractivity contribution is -0.121. The Morgan fingerprint density at radius 1 is 1.62 bits per heavy atom. The van der Waals surface area contributed by atoms with Gasteiger partial charge in [-0.1, -0.05) is 6.92 Å². The molecule has 94 valence electrons. The summed E-state index contributed by atoms with van der Waals surface area (Å²) in [5.41, 5.74) is -0.795. The molecule has 0 aliphatic carbocycles. The van der Waals surface area contributed by atoms with Gasteiger partial charge in [-0.05, 0) is 13.3 Å². The molecule has 5 heteroatoms. The quantitative estimate of drug-likeness (QED) is 0.583. The van der Waals surface area contributed by atoms with Gasteiger partial charge in [0.15, 0.2) is 0 Å². The van der Waals surface area contributed by atoms with Crippen LogP contribution in [0.2, 0.25) is 0 Å². The van der Waals surface area contributed by atoms with E-state index in [0.29, 0.717) is 26.2 Å². The van der Waals surface area contributed by atoms with E-state index in [1.54, 1.807) is 0 Å². The van der Waals surface area contributed by atoms with Crippen LogP contribution in [-0.4, -0.2) is 49.0 Å². The molecule has 16 heavy (non-hydrogen) atoms. The second kappa shape index (κ2) is 6.18. The zero-order chi connectivity index (χ0) is 12.0. The Balaban J connectivity index is 2.12. The lowest BCUT2D eigenvalue weighted by atomic mass is 10.0. The maximum absolute atomic E-state index is 11.4. The monoisotopic (exact) mass is 230 g/mol. The molecule has 2 unspecified atom stereocenters. The van der Waals surface area contributed by atoms with Gasteiger partial charge in [-0.25, -0.2) is 0 Å². The molecule has 1 aliphatic heterocycles. The average Bonchev–Trinajstić information content (AvgIpc) is 2.65. The van der Waals surface area contributed by atoms with Crippen molar-refractivity contribution in [3.05, 3.63) is 0 Å². The van der Waals surface area contributed by atoms with Gasteiger partial charge in [0, 0.05) is 25.6 Å². The lowest BCUT2D eigenvalue weighted by Crippen LogP contribution is -2.45. The minimum absolute atomic E-state index is 0.0307. The van der Waals surface area contributed by atoms with Gasteiger partial charge in [-0.15, -0.1) is 0 Å². The van der Waals surface area contributed by atoms with Gasteiger partial charge in [-0.2, -0.15) is 0 Å². The van der Waals surface area contributed by atoms with Crippen LogP contribution in [0.1, 0.15) is 26.7 Å². The number of rotatable bonds is 6. The van der Waals surface area contributed by atoms with Crippen molar-refractivity contribution in [1.82, 2.24) is 10.6 Å². The minimum Gasteiger partial charge on any atom is -0.386 e. The third-order valence-corrected chi connectivity index (χ3v) is 2.84. The van der Waals surface area contributed by atoms with Crippen molar-refractivity contribution < 1.29 is 14.6 Å². The Bertz CT molecular complexity index is 227. The van der Waals surface area contributed by atoms with E-state index in [4.69, 9.17) is 4.74 Å². The van der Waals surface area contributed by atoms with Crippen molar-refractivity contribution in [2.24, 2.45) is 0 Å². The molecule has 0 aromatic rings. The summed E-state index contributed by atoms with van der Waals surface area (Å²) in [7, 11) is 0. The molecule has 5 nitrogen and oxygen atoms in total. The third-order valence-electron chi connectivity index (χ3n) is 2.84. The first-order valence-electron chi connectivity index (χ1n) is 5.86. The van der Waals surface area contributed by atoms with Gasteiger partial charge >= 0.3 is 0 Å². The first kappa shape index (κ1) is 13.4. The number of aliphatic hydroxyl groups is 1. The molecule has 0 aromatic heterocycles. The van der Waals surface area contributed by atoms with Gasteiger partial charge in [-0.3, -0.25) is 4.79 Å². The fourth-order valence-electron chi connectivity index (χ4n) is 1.57. The first-order chi connectivity index (χ1) is 7.56. The first-order valence-corrected chi connectivity index (χ1v) is 5.86. The SMILES string of the molecule is CCC(C)NC(=O)CNCC1(O)CCOC1. The molecule has 1 aliphatic rings. The van der Waals surface area contributed by atoms with Crippen LogP contribution >= 0.6 is 0 Å². The summed E-state index contributed by atoms with van der Waals surface area (Å²) in [5.74, 6) is -0.0307. The minimum atomic E-state index is -0.795. The Labute approximate surface area is 96.6 Å². The Hall–Kier alpha value is -0.650. The summed E-state index contributed by atoms with van der Waals surface area (Å²) in [4.78, 5) is 11.4. The van der Waals surface area contributed by atoms with E-state index >= 15 is 0 Å². The van der Waals surface area contributed by atoms with E-state index in [0.717, 1.165) is 6.42 Å². The van der Waals surface area contributed by atoms with Gasteiger partial charge in [0.25, 0.3) is 0 Å². The molecular formula is C11H22N2O3. The highest BCUT2D eigenvalue weighted by Crippen LogP contribution is 2.16. The summed E-state index contributed by atoms with van der Waals surface area (Å²) in [6.07, 6.45) is 1.55. The summed E-state index contributed by atoms with van der Waals surface area (Å²) >= 11 is 0. The molecule has 3 N–H and O–H groups in total. The van der Waals surface area contributed by atoms with Gasteiger partial charge < -0.3 is 20.5 Å². The van der Waals surface area contributed by atoms with E-state index in [1.807, 2.05) is 13.8 Å². The summed E-state index contributed by atoms with van der Waals surface area (Å²) in [6, 6.07) is 0.201. The molecule has 0 bridgehead atoms. The summed E-state index contributed by atoms with van der Waals surface area (Å²) in [5, 5.41) is 15.7. The second-order valence-electron chi connectivity index (χ2n) is 4.51. The third kappa shape index (κ3) is 4.47. The number of hydrogen-bond acceptors (Lipinski definition) is 4. The van der Waals surface area contributed by atoms with Crippen LogP contribution in [0.3, 0.4) is 0 Å². The molecule has 1 heterocycles. The molecule has 0 spiro atoms. The highest BCUT2D eigenvalue weighted by molar-refractivity contribution is 5.78. The summed E-state index contributed by atoms with van der Waals surface area (Å²) in [6.45, 7) is 5.59. The van der Waals surface area contributed by atoms with E-state index in [9.17, 15) is 9.90 Å². The molecule has 1 saturated heterocycles. The van der Waals surface area contributed by atoms with Crippen molar-refractivity contribution in [2.45, 2.75) is 38.3 Å². The molecule has 1 rings (SSSR count). The van der Waals surface area contributed by atoms with Crippen LogP contribution in [0.4, 0.5) is 0 Å². The van der Waals surface area contributed by atoms with E-state index < -0.39 is 5.60 Å². The molecule has 0 aromatic carbocycles. The second-order valence-corrected chi connectivity index (χ2v) is 4.51. The van der Waals surface area contributed by atoms with Crippen LogP contribution < -0.4 is 10.6 Å². The maximum atomic E-state index is 11.4. The zero-order valence-corrected chi connectivity index (χ0v) is 10.1. The normalized spacial score (nSPS) is 26.7. The van der Waals surface area contributed by atoms with Gasteiger partial charge in [0.05, 0.1) is 13.2 Å². The fraction of sp³-hybridized carbons (Fsp3) is 0.909. The number of hydrogen-bond donors (Lipinski definition) is 3. The molecule has 1 fully saturated rings. The fourth-order valence-corrected chi connectivity index (χ4v) is 1.57. The largest absolute Gasteiger partial charge is 0.386 e. The van der Waals surface area contributed by atoms with Gasteiger partial charge in [0.2, 0.25) is 5.91 Å². The van der Waals surface area contributed by atoms with Crippen molar-refractivity contribution in [3.63, 3.8) is 0 Å². The lowest BCUT2D eigenvalue weighted by Gasteiger charge is -2.20. The number of carbonyl (C=O) groups is 1. The molecule has 2 atom stereocenters. The Kier molecular flexibility index (Phi) is 5.18. The predicted molar refractivity (Wildman–Crippen MR) is 61.2 cm³/mol. The average molecular weight is 230 g/mol. The van der Waals surface area contributed by atoms with E-state index in [2.05, 4.69) is 10.6 Å². The molecule has 0 saturated carbocycles. The smallest absolute Gasteiger partial charge is 0.234 e. The number of carbonyl (C=O) groups excluding carboxylic acids is 1. The van der Waals surface area contributed by atoms with Gasteiger partial charge in [0.1, 0.15) is 5.60 Å². The highest BCUT2D eigenvalue weighted by atomic mass is 16.5. The van der Waals surface area contributed by atoms with Crippen LogP contribution in [0.15, 0.2) is 0 Å². The van der Waals surface area contributed by atoms with Crippen molar-refractivity contribution in [3.8, 4) is 0 Å². The van der Waals surface area contributed by atoms with Crippen molar-refractivity contribution in [2.75, 3.05) is 26.3 Å².